The van der Waals surface area contributed by atoms with E-state index >= 15 is 0 Å². The molecule has 0 amide bonds. The Morgan fingerprint density at radius 3 is 2.05 bits per heavy atom. The van der Waals surface area contributed by atoms with Crippen LogP contribution < -0.4 is 4.18 Å². The molecular weight excluding hydrogens is 296 g/mol. The van der Waals surface area contributed by atoms with Crippen molar-refractivity contribution in [2.24, 2.45) is 0 Å². The summed E-state index contributed by atoms with van der Waals surface area (Å²) in [5.74, 6) is 0.313. The molecule has 22 heavy (non-hydrogen) atoms. The Balaban J connectivity index is 1.81. The molecule has 108 valence electrons. The molecule has 0 saturated heterocycles. The van der Waals surface area contributed by atoms with Crippen molar-refractivity contribution < 1.29 is 12.6 Å². The van der Waals surface area contributed by atoms with Gasteiger partial charge in [0.15, 0.2) is 0 Å². The zero-order valence-corrected chi connectivity index (χ0v) is 12.4. The van der Waals surface area contributed by atoms with Crippen LogP contribution in [-0.2, 0) is 10.1 Å². The van der Waals surface area contributed by atoms with Crippen molar-refractivity contribution >= 4 is 10.1 Å². The molecule has 3 aromatic rings. The van der Waals surface area contributed by atoms with Gasteiger partial charge in [-0.15, -0.1) is 0 Å². The Bertz CT molecular complexity index is 961. The van der Waals surface area contributed by atoms with Crippen LogP contribution in [0.25, 0.3) is 22.3 Å². The highest BCUT2D eigenvalue weighted by Gasteiger charge is 2.31. The van der Waals surface area contributed by atoms with Crippen LogP contribution in [0.2, 0.25) is 0 Å². The first-order valence-electron chi connectivity index (χ1n) is 6.89. The lowest BCUT2D eigenvalue weighted by atomic mass is 9.81. The first-order chi connectivity index (χ1) is 10.7. The third-order valence-corrected chi connectivity index (χ3v) is 5.02. The van der Waals surface area contributed by atoms with E-state index in [1.807, 2.05) is 36.4 Å². The Morgan fingerprint density at radius 1 is 0.636 bits per heavy atom. The number of hydrogen-bond acceptors (Lipinski definition) is 3. The van der Waals surface area contributed by atoms with E-state index in [0.29, 0.717) is 5.75 Å². The molecule has 0 N–H and O–H groups in total. The standard InChI is InChI=1S/C18H12O3S/c19-22(20,21-13-7-2-1-3-8-13)17-12-6-11-16-14-9-4-5-10-15(14)18(16)17/h1-12H. The second-order valence-electron chi connectivity index (χ2n) is 5.07. The predicted molar refractivity (Wildman–Crippen MR) is 85.1 cm³/mol. The predicted octanol–water partition coefficient (Wildman–Crippen LogP) is 4.10. The lowest BCUT2D eigenvalue weighted by molar-refractivity contribution is 0.486. The second-order valence-corrected chi connectivity index (χ2v) is 6.59. The monoisotopic (exact) mass is 308 g/mol. The molecule has 0 radical (unpaired) electrons. The van der Waals surface area contributed by atoms with Gasteiger partial charge in [0, 0.05) is 5.56 Å². The molecule has 1 aliphatic carbocycles. The van der Waals surface area contributed by atoms with E-state index < -0.39 is 10.1 Å². The maximum atomic E-state index is 12.6. The SMILES string of the molecule is O=S(=O)(Oc1ccccc1)c1cccc2c1-c1ccccc1-2. The van der Waals surface area contributed by atoms with Gasteiger partial charge in [-0.3, -0.25) is 0 Å². The van der Waals surface area contributed by atoms with Crippen molar-refractivity contribution in [3.63, 3.8) is 0 Å². The van der Waals surface area contributed by atoms with Crippen LogP contribution in [-0.4, -0.2) is 8.42 Å². The van der Waals surface area contributed by atoms with Crippen molar-refractivity contribution in [1.29, 1.82) is 0 Å². The number of rotatable bonds is 3. The van der Waals surface area contributed by atoms with Crippen LogP contribution in [0, 0.1) is 0 Å². The molecule has 3 nitrogen and oxygen atoms in total. The third-order valence-electron chi connectivity index (χ3n) is 3.73. The summed E-state index contributed by atoms with van der Waals surface area (Å²) in [6, 6.07) is 21.6. The minimum absolute atomic E-state index is 0.215. The highest BCUT2D eigenvalue weighted by Crippen LogP contribution is 2.50. The van der Waals surface area contributed by atoms with Crippen molar-refractivity contribution in [3.05, 3.63) is 72.8 Å². The van der Waals surface area contributed by atoms with Gasteiger partial charge in [0.25, 0.3) is 0 Å². The Labute approximate surface area is 128 Å². The molecule has 0 aromatic heterocycles. The van der Waals surface area contributed by atoms with Crippen molar-refractivity contribution in [2.75, 3.05) is 0 Å². The van der Waals surface area contributed by atoms with Crippen LogP contribution in [0.1, 0.15) is 0 Å². The summed E-state index contributed by atoms with van der Waals surface area (Å²) < 4.78 is 30.4. The van der Waals surface area contributed by atoms with Crippen molar-refractivity contribution in [3.8, 4) is 28.0 Å². The molecule has 0 fully saturated rings. The minimum atomic E-state index is -3.86. The van der Waals surface area contributed by atoms with Crippen LogP contribution in [0.3, 0.4) is 0 Å². The lowest BCUT2D eigenvalue weighted by Gasteiger charge is -2.26. The quantitative estimate of drug-likeness (QED) is 0.535. The first-order valence-corrected chi connectivity index (χ1v) is 8.30. The highest BCUT2D eigenvalue weighted by atomic mass is 32.2. The average molecular weight is 308 g/mol. The van der Waals surface area contributed by atoms with Crippen LogP contribution >= 0.6 is 0 Å². The summed E-state index contributed by atoms with van der Waals surface area (Å²) in [5, 5.41) is 0. The summed E-state index contributed by atoms with van der Waals surface area (Å²) >= 11 is 0. The first kappa shape index (κ1) is 13.1. The maximum absolute atomic E-state index is 12.6. The largest absolute Gasteiger partial charge is 0.379 e. The fraction of sp³-hybridized carbons (Fsp3) is 0. The number of hydrogen-bond donors (Lipinski definition) is 0. The van der Waals surface area contributed by atoms with Crippen molar-refractivity contribution in [1.82, 2.24) is 0 Å². The van der Waals surface area contributed by atoms with Gasteiger partial charge in [0.2, 0.25) is 0 Å². The Morgan fingerprint density at radius 2 is 1.27 bits per heavy atom. The van der Waals surface area contributed by atoms with Gasteiger partial charge >= 0.3 is 10.1 Å². The molecular formula is C18H12O3S. The summed E-state index contributed by atoms with van der Waals surface area (Å²) in [7, 11) is -3.86. The molecule has 0 unspecified atom stereocenters. The zero-order chi connectivity index (χ0) is 15.2. The molecule has 4 rings (SSSR count). The number of fused-ring (bicyclic) bond motifs is 4. The Hall–Kier alpha value is -2.59. The molecule has 3 aromatic carbocycles. The lowest BCUT2D eigenvalue weighted by Crippen LogP contribution is -2.14. The zero-order valence-electron chi connectivity index (χ0n) is 11.6. The smallest absolute Gasteiger partial charge is 0.339 e. The molecule has 0 spiro atoms. The van der Waals surface area contributed by atoms with E-state index in [1.54, 1.807) is 36.4 Å². The third kappa shape index (κ3) is 1.92. The van der Waals surface area contributed by atoms with Crippen LogP contribution in [0.15, 0.2) is 77.7 Å². The summed E-state index contributed by atoms with van der Waals surface area (Å²) in [4.78, 5) is 0.215. The van der Waals surface area contributed by atoms with Crippen LogP contribution in [0.4, 0.5) is 0 Å². The van der Waals surface area contributed by atoms with Gasteiger partial charge in [-0.05, 0) is 34.9 Å². The molecule has 0 bridgehead atoms. The average Bonchev–Trinajstić information content (AvgIpc) is 2.52. The van der Waals surface area contributed by atoms with E-state index in [4.69, 9.17) is 4.18 Å². The van der Waals surface area contributed by atoms with Gasteiger partial charge in [0.1, 0.15) is 10.6 Å². The minimum Gasteiger partial charge on any atom is -0.379 e. The molecule has 0 aliphatic heterocycles. The number of para-hydroxylation sites is 1. The molecule has 0 heterocycles. The van der Waals surface area contributed by atoms with Gasteiger partial charge in [-0.25, -0.2) is 0 Å². The highest BCUT2D eigenvalue weighted by molar-refractivity contribution is 7.87. The second kappa shape index (κ2) is 4.71. The number of benzene rings is 3. The maximum Gasteiger partial charge on any atom is 0.339 e. The molecule has 1 aliphatic rings. The molecule has 0 atom stereocenters. The summed E-state index contributed by atoms with van der Waals surface area (Å²) in [6.45, 7) is 0. The molecule has 0 saturated carbocycles. The molecule has 4 heteroatoms. The topological polar surface area (TPSA) is 43.4 Å². The summed E-state index contributed by atoms with van der Waals surface area (Å²) in [6.07, 6.45) is 0. The van der Waals surface area contributed by atoms with Gasteiger partial charge < -0.3 is 4.18 Å². The van der Waals surface area contributed by atoms with Gasteiger partial charge in [0.05, 0.1) is 0 Å². The fourth-order valence-corrected chi connectivity index (χ4v) is 3.93. The fourth-order valence-electron chi connectivity index (χ4n) is 2.76. The van der Waals surface area contributed by atoms with E-state index in [9.17, 15) is 8.42 Å². The summed E-state index contributed by atoms with van der Waals surface area (Å²) in [5.41, 5.74) is 3.73. The van der Waals surface area contributed by atoms with E-state index in [2.05, 4.69) is 0 Å². The van der Waals surface area contributed by atoms with E-state index in [0.717, 1.165) is 22.3 Å². The van der Waals surface area contributed by atoms with E-state index in [1.165, 1.54) is 0 Å². The van der Waals surface area contributed by atoms with Gasteiger partial charge in [-0.1, -0.05) is 54.6 Å². The van der Waals surface area contributed by atoms with E-state index in [-0.39, 0.29) is 4.90 Å². The van der Waals surface area contributed by atoms with Gasteiger partial charge in [-0.2, -0.15) is 8.42 Å². The van der Waals surface area contributed by atoms with Crippen molar-refractivity contribution in [2.45, 2.75) is 4.90 Å². The Kier molecular flexibility index (Phi) is 2.81. The van der Waals surface area contributed by atoms with Crippen LogP contribution in [0.5, 0.6) is 5.75 Å². The normalized spacial score (nSPS) is 12.0.